The average Bonchev–Trinajstić information content (AvgIpc) is 3.04. The van der Waals surface area contributed by atoms with Gasteiger partial charge in [-0.25, -0.2) is 0 Å². The standard InChI is InChI=1S/C27H33N3O2/c1-5-6-12-30-26(31)24(22-11-10-20(3)21(4)18-22)25(27(30)32)29-15-13-28(14-16-29)23-9-7-8-19(2)17-23/h7-11,17-18H,5-6,12-16H2,1-4H3. The summed E-state index contributed by atoms with van der Waals surface area (Å²) in [7, 11) is 0. The molecule has 0 unspecified atom stereocenters. The smallest absolute Gasteiger partial charge is 0.277 e. The molecular weight excluding hydrogens is 398 g/mol. The molecule has 5 nitrogen and oxygen atoms in total. The molecule has 1 fully saturated rings. The number of carbonyl (C=O) groups is 2. The van der Waals surface area contributed by atoms with Gasteiger partial charge in [0.05, 0.1) is 5.57 Å². The van der Waals surface area contributed by atoms with Crippen LogP contribution in [0.25, 0.3) is 5.57 Å². The van der Waals surface area contributed by atoms with Gasteiger partial charge in [0.2, 0.25) is 0 Å². The van der Waals surface area contributed by atoms with E-state index in [0.29, 0.717) is 17.8 Å². The molecule has 0 N–H and O–H groups in total. The summed E-state index contributed by atoms with van der Waals surface area (Å²) >= 11 is 0. The van der Waals surface area contributed by atoms with E-state index in [0.717, 1.165) is 50.1 Å². The van der Waals surface area contributed by atoms with Gasteiger partial charge in [0, 0.05) is 38.4 Å². The van der Waals surface area contributed by atoms with E-state index in [9.17, 15) is 9.59 Å². The van der Waals surface area contributed by atoms with E-state index in [2.05, 4.69) is 61.8 Å². The summed E-state index contributed by atoms with van der Waals surface area (Å²) in [4.78, 5) is 32.8. The quantitative estimate of drug-likeness (QED) is 0.639. The molecule has 2 heterocycles. The van der Waals surface area contributed by atoms with Crippen molar-refractivity contribution in [3.8, 4) is 0 Å². The molecule has 2 aromatic rings. The van der Waals surface area contributed by atoms with Gasteiger partial charge in [-0.2, -0.15) is 0 Å². The summed E-state index contributed by atoms with van der Waals surface area (Å²) in [5.41, 5.74) is 6.77. The first kappa shape index (κ1) is 22.1. The fourth-order valence-corrected chi connectivity index (χ4v) is 4.55. The summed E-state index contributed by atoms with van der Waals surface area (Å²) in [6.07, 6.45) is 1.77. The molecule has 2 aliphatic rings. The Morgan fingerprint density at radius 1 is 0.812 bits per heavy atom. The largest absolute Gasteiger partial charge is 0.368 e. The zero-order valence-corrected chi connectivity index (χ0v) is 19.6. The lowest BCUT2D eigenvalue weighted by Gasteiger charge is -2.37. The molecule has 0 atom stereocenters. The van der Waals surface area contributed by atoms with Gasteiger partial charge in [0.15, 0.2) is 0 Å². The fourth-order valence-electron chi connectivity index (χ4n) is 4.55. The van der Waals surface area contributed by atoms with E-state index in [1.165, 1.54) is 21.7 Å². The van der Waals surface area contributed by atoms with Crippen molar-refractivity contribution in [2.24, 2.45) is 0 Å². The second-order valence-corrected chi connectivity index (χ2v) is 8.95. The maximum Gasteiger partial charge on any atom is 0.277 e. The summed E-state index contributed by atoms with van der Waals surface area (Å²) in [6.45, 7) is 11.9. The maximum atomic E-state index is 13.4. The molecule has 168 valence electrons. The second kappa shape index (κ2) is 9.19. The number of anilines is 1. The number of hydrogen-bond acceptors (Lipinski definition) is 4. The third-order valence-electron chi connectivity index (χ3n) is 6.64. The lowest BCUT2D eigenvalue weighted by molar-refractivity contribution is -0.137. The number of aryl methyl sites for hydroxylation is 3. The van der Waals surface area contributed by atoms with Gasteiger partial charge in [-0.15, -0.1) is 0 Å². The Morgan fingerprint density at radius 2 is 1.53 bits per heavy atom. The van der Waals surface area contributed by atoms with Crippen molar-refractivity contribution in [1.82, 2.24) is 9.80 Å². The molecule has 4 rings (SSSR count). The summed E-state index contributed by atoms with van der Waals surface area (Å²) in [5.74, 6) is -0.288. The number of hydrogen-bond donors (Lipinski definition) is 0. The lowest BCUT2D eigenvalue weighted by Crippen LogP contribution is -2.47. The van der Waals surface area contributed by atoms with Crippen LogP contribution < -0.4 is 4.90 Å². The van der Waals surface area contributed by atoms with Crippen LogP contribution in [0.2, 0.25) is 0 Å². The molecule has 1 saturated heterocycles. The number of piperazine rings is 1. The number of benzene rings is 2. The van der Waals surface area contributed by atoms with Crippen molar-refractivity contribution in [2.75, 3.05) is 37.6 Å². The molecule has 0 aliphatic carbocycles. The van der Waals surface area contributed by atoms with Crippen LogP contribution in [-0.2, 0) is 9.59 Å². The van der Waals surface area contributed by atoms with Gasteiger partial charge in [0.25, 0.3) is 11.8 Å². The van der Waals surface area contributed by atoms with E-state index >= 15 is 0 Å². The van der Waals surface area contributed by atoms with Crippen LogP contribution in [0.3, 0.4) is 0 Å². The minimum Gasteiger partial charge on any atom is -0.368 e. The normalized spacial score (nSPS) is 17.1. The van der Waals surface area contributed by atoms with Gasteiger partial charge in [0.1, 0.15) is 5.70 Å². The highest BCUT2D eigenvalue weighted by Crippen LogP contribution is 2.33. The van der Waals surface area contributed by atoms with Crippen LogP contribution in [0.5, 0.6) is 0 Å². The van der Waals surface area contributed by atoms with E-state index in [1.807, 2.05) is 18.2 Å². The predicted octanol–water partition coefficient (Wildman–Crippen LogP) is 4.31. The molecule has 5 heteroatoms. The summed E-state index contributed by atoms with van der Waals surface area (Å²) in [6, 6.07) is 14.6. The highest BCUT2D eigenvalue weighted by molar-refractivity contribution is 6.35. The second-order valence-electron chi connectivity index (χ2n) is 8.95. The van der Waals surface area contributed by atoms with Gasteiger partial charge in [-0.3, -0.25) is 14.5 Å². The Labute approximate surface area is 191 Å². The van der Waals surface area contributed by atoms with E-state index in [-0.39, 0.29) is 11.8 Å². The van der Waals surface area contributed by atoms with E-state index in [4.69, 9.17) is 0 Å². The fraction of sp³-hybridized carbons (Fsp3) is 0.407. The zero-order valence-electron chi connectivity index (χ0n) is 19.6. The number of carbonyl (C=O) groups excluding carboxylic acids is 2. The number of imide groups is 1. The third-order valence-corrected chi connectivity index (χ3v) is 6.64. The molecule has 0 aromatic heterocycles. The van der Waals surface area contributed by atoms with Crippen molar-refractivity contribution < 1.29 is 9.59 Å². The van der Waals surface area contributed by atoms with E-state index < -0.39 is 0 Å². The Kier molecular flexibility index (Phi) is 6.35. The average molecular weight is 432 g/mol. The monoisotopic (exact) mass is 431 g/mol. The Hall–Kier alpha value is -3.08. The van der Waals surface area contributed by atoms with Crippen LogP contribution in [0.15, 0.2) is 48.2 Å². The highest BCUT2D eigenvalue weighted by Gasteiger charge is 2.41. The van der Waals surface area contributed by atoms with Crippen LogP contribution in [0.4, 0.5) is 5.69 Å². The van der Waals surface area contributed by atoms with Crippen molar-refractivity contribution in [1.29, 1.82) is 0 Å². The minimum absolute atomic E-state index is 0.138. The number of unbranched alkanes of at least 4 members (excludes halogenated alkanes) is 1. The van der Waals surface area contributed by atoms with Crippen molar-refractivity contribution in [3.05, 3.63) is 70.4 Å². The molecule has 2 aliphatic heterocycles. The third kappa shape index (κ3) is 4.16. The predicted molar refractivity (Wildman–Crippen MR) is 129 cm³/mol. The summed E-state index contributed by atoms with van der Waals surface area (Å²) in [5, 5.41) is 0. The minimum atomic E-state index is -0.150. The van der Waals surface area contributed by atoms with Crippen LogP contribution in [0, 0.1) is 20.8 Å². The molecule has 0 bridgehead atoms. The van der Waals surface area contributed by atoms with Crippen LogP contribution in [0.1, 0.15) is 42.0 Å². The Bertz CT molecular complexity index is 1060. The van der Waals surface area contributed by atoms with Crippen molar-refractivity contribution in [3.63, 3.8) is 0 Å². The van der Waals surface area contributed by atoms with Crippen molar-refractivity contribution >= 4 is 23.1 Å². The molecular formula is C27H33N3O2. The number of nitrogens with zero attached hydrogens (tertiary/aromatic N) is 3. The Morgan fingerprint density at radius 3 is 2.19 bits per heavy atom. The molecule has 32 heavy (non-hydrogen) atoms. The topological polar surface area (TPSA) is 43.9 Å². The molecule has 2 amide bonds. The highest BCUT2D eigenvalue weighted by atomic mass is 16.2. The number of rotatable bonds is 6. The zero-order chi connectivity index (χ0) is 22.8. The first-order chi connectivity index (χ1) is 15.4. The number of amides is 2. The van der Waals surface area contributed by atoms with E-state index in [1.54, 1.807) is 0 Å². The lowest BCUT2D eigenvalue weighted by atomic mass is 9.99. The molecule has 2 aromatic carbocycles. The van der Waals surface area contributed by atoms with Crippen LogP contribution in [-0.4, -0.2) is 54.3 Å². The van der Waals surface area contributed by atoms with Crippen molar-refractivity contribution in [2.45, 2.75) is 40.5 Å². The first-order valence-corrected chi connectivity index (χ1v) is 11.7. The van der Waals surface area contributed by atoms with Gasteiger partial charge in [-0.05, 0) is 61.6 Å². The molecule has 0 saturated carbocycles. The molecule has 0 radical (unpaired) electrons. The first-order valence-electron chi connectivity index (χ1n) is 11.7. The Balaban J connectivity index is 1.64. The van der Waals surface area contributed by atoms with Gasteiger partial charge < -0.3 is 9.80 Å². The SMILES string of the molecule is CCCCN1C(=O)C(c2ccc(C)c(C)c2)=C(N2CCN(c3cccc(C)c3)CC2)C1=O. The maximum absolute atomic E-state index is 13.4. The summed E-state index contributed by atoms with van der Waals surface area (Å²) < 4.78 is 0. The van der Waals surface area contributed by atoms with Crippen LogP contribution >= 0.6 is 0 Å². The van der Waals surface area contributed by atoms with Gasteiger partial charge >= 0.3 is 0 Å². The van der Waals surface area contributed by atoms with Gasteiger partial charge in [-0.1, -0.05) is 43.7 Å². The molecule has 0 spiro atoms.